The van der Waals surface area contributed by atoms with E-state index in [1.807, 2.05) is 12.1 Å². The second kappa shape index (κ2) is 5.10. The fraction of sp³-hybridized carbons (Fsp3) is 0.231. The molecule has 0 atom stereocenters. The van der Waals surface area contributed by atoms with Gasteiger partial charge in [0.1, 0.15) is 0 Å². The minimum Gasteiger partial charge on any atom is -0.398 e. The van der Waals surface area contributed by atoms with Gasteiger partial charge in [-0.25, -0.2) is 0 Å². The lowest BCUT2D eigenvalue weighted by Gasteiger charge is -2.21. The van der Waals surface area contributed by atoms with Gasteiger partial charge in [0.2, 0.25) is 0 Å². The third-order valence-corrected chi connectivity index (χ3v) is 4.35. The zero-order chi connectivity index (χ0) is 12.4. The topological polar surface area (TPSA) is 29.3 Å². The SMILES string of the molecule is Cc1c(N)cccc1N(C)Cc1csc(Br)c1. The lowest BCUT2D eigenvalue weighted by atomic mass is 10.1. The van der Waals surface area contributed by atoms with E-state index in [-0.39, 0.29) is 0 Å². The summed E-state index contributed by atoms with van der Waals surface area (Å²) in [6.07, 6.45) is 0. The third-order valence-electron chi connectivity index (χ3n) is 2.80. The molecule has 0 aliphatic carbocycles. The maximum absolute atomic E-state index is 5.92. The second-order valence-corrected chi connectivity index (χ2v) is 6.40. The largest absolute Gasteiger partial charge is 0.398 e. The second-order valence-electron chi connectivity index (χ2n) is 4.11. The minimum absolute atomic E-state index is 0.848. The number of benzene rings is 1. The number of hydrogen-bond donors (Lipinski definition) is 1. The summed E-state index contributed by atoms with van der Waals surface area (Å²) in [7, 11) is 2.09. The van der Waals surface area contributed by atoms with Crippen molar-refractivity contribution >= 4 is 38.6 Å². The van der Waals surface area contributed by atoms with Gasteiger partial charge in [0.25, 0.3) is 0 Å². The van der Waals surface area contributed by atoms with Gasteiger partial charge in [-0.1, -0.05) is 6.07 Å². The summed E-state index contributed by atoms with van der Waals surface area (Å²) in [5.74, 6) is 0. The Labute approximate surface area is 114 Å². The summed E-state index contributed by atoms with van der Waals surface area (Å²) in [5, 5.41) is 2.17. The highest BCUT2D eigenvalue weighted by molar-refractivity contribution is 9.11. The van der Waals surface area contributed by atoms with Crippen LogP contribution >= 0.6 is 27.3 Å². The predicted molar refractivity (Wildman–Crippen MR) is 79.7 cm³/mol. The molecule has 90 valence electrons. The molecule has 1 aromatic heterocycles. The van der Waals surface area contributed by atoms with E-state index < -0.39 is 0 Å². The lowest BCUT2D eigenvalue weighted by Crippen LogP contribution is -2.17. The highest BCUT2D eigenvalue weighted by Gasteiger charge is 2.08. The molecular formula is C13H15BrN2S. The number of nitrogen functional groups attached to an aromatic ring is 1. The van der Waals surface area contributed by atoms with Crippen molar-refractivity contribution in [1.82, 2.24) is 0 Å². The van der Waals surface area contributed by atoms with E-state index in [9.17, 15) is 0 Å². The van der Waals surface area contributed by atoms with E-state index in [2.05, 4.69) is 52.3 Å². The van der Waals surface area contributed by atoms with E-state index >= 15 is 0 Å². The zero-order valence-corrected chi connectivity index (χ0v) is 12.3. The van der Waals surface area contributed by atoms with Gasteiger partial charge in [-0.05, 0) is 57.6 Å². The van der Waals surface area contributed by atoms with Gasteiger partial charge < -0.3 is 10.6 Å². The van der Waals surface area contributed by atoms with Crippen molar-refractivity contribution < 1.29 is 0 Å². The minimum atomic E-state index is 0.848. The molecule has 2 aromatic rings. The molecule has 0 saturated heterocycles. The van der Waals surface area contributed by atoms with E-state index in [0.29, 0.717) is 0 Å². The molecule has 0 unspecified atom stereocenters. The molecule has 2 nitrogen and oxygen atoms in total. The summed E-state index contributed by atoms with van der Waals surface area (Å²) >= 11 is 5.20. The first-order chi connectivity index (χ1) is 8.08. The van der Waals surface area contributed by atoms with E-state index in [0.717, 1.165) is 17.8 Å². The van der Waals surface area contributed by atoms with Crippen molar-refractivity contribution in [1.29, 1.82) is 0 Å². The van der Waals surface area contributed by atoms with Crippen LogP contribution in [0.2, 0.25) is 0 Å². The van der Waals surface area contributed by atoms with Crippen LogP contribution in [0.15, 0.2) is 33.4 Å². The Morgan fingerprint density at radius 1 is 1.41 bits per heavy atom. The first-order valence-corrected chi connectivity index (χ1v) is 7.04. The fourth-order valence-corrected chi connectivity index (χ4v) is 3.04. The summed E-state index contributed by atoms with van der Waals surface area (Å²) < 4.78 is 1.17. The third kappa shape index (κ3) is 2.82. The van der Waals surface area contributed by atoms with Gasteiger partial charge in [-0.2, -0.15) is 0 Å². The van der Waals surface area contributed by atoms with Crippen molar-refractivity contribution in [2.24, 2.45) is 0 Å². The maximum Gasteiger partial charge on any atom is 0.0701 e. The number of nitrogens with zero attached hydrogens (tertiary/aromatic N) is 1. The standard InChI is InChI=1S/C13H15BrN2S/c1-9-11(15)4-3-5-12(9)16(2)7-10-6-13(14)17-8-10/h3-6,8H,7,15H2,1-2H3. The summed E-state index contributed by atoms with van der Waals surface area (Å²) in [6, 6.07) is 8.20. The Bertz CT molecular complexity index is 522. The Hall–Kier alpha value is -1.00. The number of halogens is 1. The molecule has 0 spiro atoms. The van der Waals surface area contributed by atoms with Crippen molar-refractivity contribution in [3.8, 4) is 0 Å². The summed E-state index contributed by atoms with van der Waals surface area (Å²) in [6.45, 7) is 2.96. The van der Waals surface area contributed by atoms with Crippen molar-refractivity contribution in [2.75, 3.05) is 17.7 Å². The van der Waals surface area contributed by atoms with E-state index in [1.54, 1.807) is 11.3 Å². The fourth-order valence-electron chi connectivity index (χ4n) is 1.84. The first kappa shape index (κ1) is 12.5. The van der Waals surface area contributed by atoms with Crippen molar-refractivity contribution in [2.45, 2.75) is 13.5 Å². The highest BCUT2D eigenvalue weighted by Crippen LogP contribution is 2.27. The van der Waals surface area contributed by atoms with Crippen molar-refractivity contribution in [3.63, 3.8) is 0 Å². The number of hydrogen-bond acceptors (Lipinski definition) is 3. The Morgan fingerprint density at radius 3 is 2.82 bits per heavy atom. The lowest BCUT2D eigenvalue weighted by molar-refractivity contribution is 0.922. The molecule has 0 radical (unpaired) electrons. The van der Waals surface area contributed by atoms with Gasteiger partial charge in [0, 0.05) is 25.0 Å². The molecular weight excluding hydrogens is 296 g/mol. The van der Waals surface area contributed by atoms with Gasteiger partial charge in [-0.15, -0.1) is 11.3 Å². The normalized spacial score (nSPS) is 10.5. The average molecular weight is 311 g/mol. The number of nitrogens with two attached hydrogens (primary N) is 1. The van der Waals surface area contributed by atoms with Gasteiger partial charge >= 0.3 is 0 Å². The molecule has 0 fully saturated rings. The summed E-state index contributed by atoms with van der Waals surface area (Å²) in [5.41, 5.74) is 10.4. The van der Waals surface area contributed by atoms with E-state index in [4.69, 9.17) is 5.73 Å². The number of anilines is 2. The van der Waals surface area contributed by atoms with Gasteiger partial charge in [0.15, 0.2) is 0 Å². The van der Waals surface area contributed by atoms with Crippen LogP contribution in [0.25, 0.3) is 0 Å². The summed E-state index contributed by atoms with van der Waals surface area (Å²) in [4.78, 5) is 2.22. The highest BCUT2D eigenvalue weighted by atomic mass is 79.9. The van der Waals surface area contributed by atoms with Gasteiger partial charge in [-0.3, -0.25) is 0 Å². The van der Waals surface area contributed by atoms with Crippen LogP contribution in [-0.4, -0.2) is 7.05 Å². The molecule has 1 aromatic carbocycles. The zero-order valence-electron chi connectivity index (χ0n) is 9.90. The maximum atomic E-state index is 5.92. The number of rotatable bonds is 3. The van der Waals surface area contributed by atoms with Crippen LogP contribution in [0.5, 0.6) is 0 Å². The van der Waals surface area contributed by atoms with Crippen LogP contribution in [0.4, 0.5) is 11.4 Å². The molecule has 0 saturated carbocycles. The first-order valence-electron chi connectivity index (χ1n) is 5.37. The van der Waals surface area contributed by atoms with Crippen molar-refractivity contribution in [3.05, 3.63) is 44.6 Å². The predicted octanol–water partition coefficient (Wildman–Crippen LogP) is 4.04. The van der Waals surface area contributed by atoms with E-state index in [1.165, 1.54) is 15.0 Å². The number of thiophene rings is 1. The monoisotopic (exact) mass is 310 g/mol. The molecule has 2 rings (SSSR count). The molecule has 0 aliphatic heterocycles. The molecule has 17 heavy (non-hydrogen) atoms. The van der Waals surface area contributed by atoms with Crippen LogP contribution in [0.3, 0.4) is 0 Å². The van der Waals surface area contributed by atoms with Crippen LogP contribution in [0.1, 0.15) is 11.1 Å². The molecule has 0 amide bonds. The quantitative estimate of drug-likeness (QED) is 0.867. The average Bonchev–Trinajstić information content (AvgIpc) is 2.68. The molecule has 1 heterocycles. The van der Waals surface area contributed by atoms with Crippen LogP contribution in [-0.2, 0) is 6.54 Å². The Balaban J connectivity index is 2.20. The van der Waals surface area contributed by atoms with Crippen LogP contribution in [0, 0.1) is 6.92 Å². The molecule has 2 N–H and O–H groups in total. The Morgan fingerprint density at radius 2 is 2.18 bits per heavy atom. The molecule has 0 bridgehead atoms. The molecule has 0 aliphatic rings. The van der Waals surface area contributed by atoms with Gasteiger partial charge in [0.05, 0.1) is 3.79 Å². The smallest absolute Gasteiger partial charge is 0.0701 e. The Kier molecular flexibility index (Phi) is 3.74. The van der Waals surface area contributed by atoms with Crippen LogP contribution < -0.4 is 10.6 Å². The molecule has 4 heteroatoms.